The molecule has 1 aliphatic rings. The fraction of sp³-hybridized carbons (Fsp3) is 0.364. The molecule has 0 amide bonds. The van der Waals surface area contributed by atoms with Crippen molar-refractivity contribution in [1.82, 2.24) is 30.4 Å². The summed E-state index contributed by atoms with van der Waals surface area (Å²) in [6.07, 6.45) is 4.57. The monoisotopic (exact) mass is 273 g/mol. The first-order valence-corrected chi connectivity index (χ1v) is 6.95. The molecule has 1 saturated heterocycles. The Hall–Kier alpha value is -2.09. The van der Waals surface area contributed by atoms with Crippen molar-refractivity contribution >= 4 is 28.3 Å². The Morgan fingerprint density at radius 1 is 1.37 bits per heavy atom. The van der Waals surface area contributed by atoms with Crippen LogP contribution in [0.25, 0.3) is 11.0 Å². The summed E-state index contributed by atoms with van der Waals surface area (Å²) in [5.41, 5.74) is 3.50. The van der Waals surface area contributed by atoms with Crippen LogP contribution in [-0.4, -0.2) is 43.5 Å². The highest BCUT2D eigenvalue weighted by molar-refractivity contribution is 7.09. The average molecular weight is 273 g/mol. The molecule has 1 fully saturated rings. The molecule has 19 heavy (non-hydrogen) atoms. The van der Waals surface area contributed by atoms with Gasteiger partial charge in [0.25, 0.3) is 0 Å². The molecule has 0 aliphatic carbocycles. The lowest BCUT2D eigenvalue weighted by Crippen LogP contribution is -2.21. The molecule has 0 radical (unpaired) electrons. The second-order valence-corrected chi connectivity index (χ2v) is 5.41. The predicted octanol–water partition coefficient (Wildman–Crippen LogP) is 1.20. The zero-order chi connectivity index (χ0) is 12.7. The summed E-state index contributed by atoms with van der Waals surface area (Å²) in [4.78, 5) is 11.1. The zero-order valence-corrected chi connectivity index (χ0v) is 10.8. The lowest BCUT2D eigenvalue weighted by molar-refractivity contribution is 0.749. The number of nitrogens with zero attached hydrogens (tertiary/aromatic N) is 6. The molecule has 0 bridgehead atoms. The van der Waals surface area contributed by atoms with Crippen molar-refractivity contribution in [3.63, 3.8) is 0 Å². The zero-order valence-electron chi connectivity index (χ0n) is 10.0. The third-order valence-electron chi connectivity index (χ3n) is 3.37. The van der Waals surface area contributed by atoms with Crippen LogP contribution in [0.3, 0.4) is 0 Å². The van der Waals surface area contributed by atoms with Crippen LogP contribution in [0.5, 0.6) is 0 Å². The molecule has 3 aromatic heterocycles. The minimum absolute atomic E-state index is 0.441. The van der Waals surface area contributed by atoms with Gasteiger partial charge in [0.05, 0.1) is 12.4 Å². The molecule has 3 aromatic rings. The predicted molar refractivity (Wildman–Crippen MR) is 71.2 cm³/mol. The molecule has 7 nitrogen and oxygen atoms in total. The number of nitrogens with one attached hydrogen (secondary N) is 1. The summed E-state index contributed by atoms with van der Waals surface area (Å²) in [6.45, 7) is 1.85. The summed E-state index contributed by atoms with van der Waals surface area (Å²) >= 11 is 1.62. The van der Waals surface area contributed by atoms with Crippen LogP contribution in [0.15, 0.2) is 17.9 Å². The van der Waals surface area contributed by atoms with Gasteiger partial charge in [0.2, 0.25) is 5.95 Å². The highest BCUT2D eigenvalue weighted by atomic mass is 32.1. The van der Waals surface area contributed by atoms with Gasteiger partial charge in [-0.2, -0.15) is 5.10 Å². The smallest absolute Gasteiger partial charge is 0.226 e. The molecular formula is C11H11N7S. The van der Waals surface area contributed by atoms with Gasteiger partial charge in [0, 0.05) is 19.0 Å². The van der Waals surface area contributed by atoms with E-state index in [1.54, 1.807) is 29.2 Å². The maximum absolute atomic E-state index is 4.52. The van der Waals surface area contributed by atoms with E-state index in [0.717, 1.165) is 41.5 Å². The van der Waals surface area contributed by atoms with Crippen LogP contribution >= 0.6 is 11.3 Å². The molecule has 0 aromatic carbocycles. The highest BCUT2D eigenvalue weighted by Crippen LogP contribution is 2.29. The topological polar surface area (TPSA) is 83.5 Å². The molecule has 4 rings (SSSR count). The second-order valence-electron chi connectivity index (χ2n) is 4.55. The number of hydrogen-bond donors (Lipinski definition) is 1. The average Bonchev–Trinajstić information content (AvgIpc) is 3.18. The first-order valence-electron chi connectivity index (χ1n) is 6.07. The Bertz CT molecular complexity index is 692. The third kappa shape index (κ3) is 1.84. The summed E-state index contributed by atoms with van der Waals surface area (Å²) in [5, 5.41) is 16.0. The number of hydrogen-bond acceptors (Lipinski definition) is 7. The normalized spacial score (nSPS) is 19.4. The van der Waals surface area contributed by atoms with Crippen molar-refractivity contribution in [2.24, 2.45) is 0 Å². The fourth-order valence-corrected chi connectivity index (χ4v) is 3.07. The largest absolute Gasteiger partial charge is 0.340 e. The number of fused-ring (bicyclic) bond motifs is 1. The van der Waals surface area contributed by atoms with Gasteiger partial charge >= 0.3 is 0 Å². The molecule has 8 heteroatoms. The molecule has 1 N–H and O–H groups in total. The Kier molecular flexibility index (Phi) is 2.41. The van der Waals surface area contributed by atoms with E-state index in [-0.39, 0.29) is 0 Å². The number of rotatable bonds is 2. The molecule has 1 aliphatic heterocycles. The Morgan fingerprint density at radius 2 is 2.37 bits per heavy atom. The van der Waals surface area contributed by atoms with E-state index in [2.05, 4.69) is 35.3 Å². The maximum atomic E-state index is 4.52. The molecule has 1 unspecified atom stereocenters. The fourth-order valence-electron chi connectivity index (χ4n) is 2.39. The van der Waals surface area contributed by atoms with Crippen LogP contribution in [0.2, 0.25) is 0 Å². The Labute approximate surface area is 112 Å². The molecule has 4 heterocycles. The van der Waals surface area contributed by atoms with Crippen molar-refractivity contribution < 1.29 is 0 Å². The first kappa shape index (κ1) is 10.8. The standard InChI is InChI=1S/C11H11N7S/c1-2-18(5-7(1)10-17-14-6-19-10)11-12-3-9-8(15-11)4-13-16-9/h3-4,6-7H,1-2,5H2,(H,13,16). The minimum Gasteiger partial charge on any atom is -0.340 e. The lowest BCUT2D eigenvalue weighted by atomic mass is 10.1. The van der Waals surface area contributed by atoms with Gasteiger partial charge in [-0.15, -0.1) is 21.5 Å². The number of anilines is 1. The van der Waals surface area contributed by atoms with Crippen LogP contribution in [0.1, 0.15) is 17.3 Å². The SMILES string of the molecule is c1nnc(C2CCN(c3ncc4[nH]ncc4n3)C2)s1. The summed E-state index contributed by atoms with van der Waals surface area (Å²) in [5.74, 6) is 1.21. The van der Waals surface area contributed by atoms with Gasteiger partial charge in [0.1, 0.15) is 21.6 Å². The number of aromatic amines is 1. The van der Waals surface area contributed by atoms with Crippen molar-refractivity contribution in [2.75, 3.05) is 18.0 Å². The van der Waals surface area contributed by atoms with Gasteiger partial charge in [0.15, 0.2) is 0 Å². The van der Waals surface area contributed by atoms with E-state index in [9.17, 15) is 0 Å². The van der Waals surface area contributed by atoms with Gasteiger partial charge in [-0.1, -0.05) is 0 Å². The van der Waals surface area contributed by atoms with Crippen LogP contribution in [-0.2, 0) is 0 Å². The second kappa shape index (κ2) is 4.23. The van der Waals surface area contributed by atoms with Gasteiger partial charge in [-0.3, -0.25) is 5.10 Å². The van der Waals surface area contributed by atoms with E-state index in [1.165, 1.54) is 0 Å². The summed E-state index contributed by atoms with van der Waals surface area (Å²) in [7, 11) is 0. The third-order valence-corrected chi connectivity index (χ3v) is 4.23. The van der Waals surface area contributed by atoms with Crippen LogP contribution in [0.4, 0.5) is 5.95 Å². The van der Waals surface area contributed by atoms with E-state index >= 15 is 0 Å². The summed E-state index contributed by atoms with van der Waals surface area (Å²) < 4.78 is 0. The van der Waals surface area contributed by atoms with Crippen molar-refractivity contribution in [3.05, 3.63) is 22.9 Å². The molecule has 96 valence electrons. The highest BCUT2D eigenvalue weighted by Gasteiger charge is 2.27. The van der Waals surface area contributed by atoms with Gasteiger partial charge in [-0.05, 0) is 6.42 Å². The van der Waals surface area contributed by atoms with Crippen LogP contribution in [0, 0.1) is 0 Å². The van der Waals surface area contributed by atoms with Gasteiger partial charge in [-0.25, -0.2) is 9.97 Å². The Balaban J connectivity index is 1.60. The quantitative estimate of drug-likeness (QED) is 0.755. The number of aromatic nitrogens is 6. The van der Waals surface area contributed by atoms with Gasteiger partial charge < -0.3 is 4.90 Å². The van der Waals surface area contributed by atoms with E-state index in [1.807, 2.05) is 0 Å². The van der Waals surface area contributed by atoms with Crippen molar-refractivity contribution in [3.8, 4) is 0 Å². The summed E-state index contributed by atoms with van der Waals surface area (Å²) in [6, 6.07) is 0. The lowest BCUT2D eigenvalue weighted by Gasteiger charge is -2.15. The molecule has 0 saturated carbocycles. The molecule has 0 spiro atoms. The van der Waals surface area contributed by atoms with E-state index in [4.69, 9.17) is 0 Å². The Morgan fingerprint density at radius 3 is 3.26 bits per heavy atom. The van der Waals surface area contributed by atoms with Crippen molar-refractivity contribution in [2.45, 2.75) is 12.3 Å². The van der Waals surface area contributed by atoms with E-state index < -0.39 is 0 Å². The van der Waals surface area contributed by atoms with Crippen LogP contribution < -0.4 is 4.90 Å². The first-order chi connectivity index (χ1) is 9.40. The number of H-pyrrole nitrogens is 1. The molecule has 1 atom stereocenters. The van der Waals surface area contributed by atoms with E-state index in [0.29, 0.717) is 5.92 Å². The minimum atomic E-state index is 0.441. The molecular weight excluding hydrogens is 262 g/mol. The van der Waals surface area contributed by atoms with Crippen molar-refractivity contribution in [1.29, 1.82) is 0 Å². The maximum Gasteiger partial charge on any atom is 0.226 e.